The van der Waals surface area contributed by atoms with E-state index in [1.165, 1.54) is 16.3 Å². The van der Waals surface area contributed by atoms with E-state index in [1.54, 1.807) is 49.8 Å². The zero-order chi connectivity index (χ0) is 21.1. The molecule has 3 aromatic heterocycles. The zero-order valence-electron chi connectivity index (χ0n) is 16.5. The predicted molar refractivity (Wildman–Crippen MR) is 115 cm³/mol. The maximum atomic E-state index is 13.0. The first-order valence-electron chi connectivity index (χ1n) is 9.23. The number of carbonyl (C=O) groups is 1. The van der Waals surface area contributed by atoms with Gasteiger partial charge in [0.15, 0.2) is 5.16 Å². The Balaban J connectivity index is 1.55. The van der Waals surface area contributed by atoms with E-state index >= 15 is 0 Å². The Morgan fingerprint density at radius 3 is 2.80 bits per heavy atom. The van der Waals surface area contributed by atoms with E-state index < -0.39 is 0 Å². The molecule has 0 atom stereocenters. The van der Waals surface area contributed by atoms with Gasteiger partial charge in [-0.1, -0.05) is 11.8 Å². The maximum Gasteiger partial charge on any atom is 0.278 e. The first-order chi connectivity index (χ1) is 14.5. The van der Waals surface area contributed by atoms with Gasteiger partial charge in [-0.25, -0.2) is 4.98 Å². The number of nitrogens with one attached hydrogen (secondary N) is 2. The molecule has 0 aliphatic carbocycles. The highest BCUT2D eigenvalue weighted by atomic mass is 32.2. The molecule has 30 heavy (non-hydrogen) atoms. The second kappa shape index (κ2) is 8.50. The molecular weight excluding hydrogens is 404 g/mol. The minimum atomic E-state index is -0.206. The summed E-state index contributed by atoms with van der Waals surface area (Å²) in [5, 5.41) is 3.28. The van der Waals surface area contributed by atoms with Gasteiger partial charge in [-0.15, -0.1) is 0 Å². The van der Waals surface area contributed by atoms with Crippen molar-refractivity contribution in [3.05, 3.63) is 70.5 Å². The molecule has 0 fully saturated rings. The summed E-state index contributed by atoms with van der Waals surface area (Å²) < 4.78 is 12.0. The Morgan fingerprint density at radius 1 is 1.30 bits per heavy atom. The fourth-order valence-electron chi connectivity index (χ4n) is 3.02. The monoisotopic (exact) mass is 424 g/mol. The first-order valence-corrected chi connectivity index (χ1v) is 10.2. The molecule has 4 rings (SSSR count). The molecular formula is C21H20N4O4S. The molecule has 9 heteroatoms. The van der Waals surface area contributed by atoms with Crippen molar-refractivity contribution < 1.29 is 13.9 Å². The van der Waals surface area contributed by atoms with E-state index in [2.05, 4.69) is 15.3 Å². The van der Waals surface area contributed by atoms with Gasteiger partial charge in [0.1, 0.15) is 17.0 Å². The molecule has 3 heterocycles. The van der Waals surface area contributed by atoms with Crippen molar-refractivity contribution in [2.45, 2.75) is 18.6 Å². The van der Waals surface area contributed by atoms with Crippen molar-refractivity contribution >= 4 is 34.4 Å². The lowest BCUT2D eigenvalue weighted by Gasteiger charge is -2.11. The highest BCUT2D eigenvalue weighted by molar-refractivity contribution is 7.99. The molecule has 1 aromatic carbocycles. The van der Waals surface area contributed by atoms with Gasteiger partial charge in [-0.3, -0.25) is 14.2 Å². The van der Waals surface area contributed by atoms with Crippen LogP contribution in [0.2, 0.25) is 0 Å². The number of aromatic amines is 1. The van der Waals surface area contributed by atoms with Gasteiger partial charge < -0.3 is 19.5 Å². The number of fused-ring (bicyclic) bond motifs is 1. The number of benzene rings is 1. The lowest BCUT2D eigenvalue weighted by molar-refractivity contribution is -0.113. The van der Waals surface area contributed by atoms with Gasteiger partial charge in [0.2, 0.25) is 5.91 Å². The highest BCUT2D eigenvalue weighted by Crippen LogP contribution is 2.21. The molecule has 0 bridgehead atoms. The topological polar surface area (TPSA) is 102 Å². The SMILES string of the molecule is COc1ccc(NC(=O)CSc2nc3cc(C)[nH]c3c(=O)n2Cc2ccco2)cc1. The third-order valence-electron chi connectivity index (χ3n) is 4.44. The number of anilines is 1. The molecule has 0 saturated heterocycles. The number of hydrogen-bond donors (Lipinski definition) is 2. The molecule has 4 aromatic rings. The smallest absolute Gasteiger partial charge is 0.278 e. The summed E-state index contributed by atoms with van der Waals surface area (Å²) in [6.07, 6.45) is 1.56. The number of aryl methyl sites for hydroxylation is 1. The summed E-state index contributed by atoms with van der Waals surface area (Å²) in [5.74, 6) is 1.25. The first kappa shape index (κ1) is 19.8. The third-order valence-corrected chi connectivity index (χ3v) is 5.41. The van der Waals surface area contributed by atoms with Gasteiger partial charge in [-0.05, 0) is 49.4 Å². The van der Waals surface area contributed by atoms with Gasteiger partial charge in [0.25, 0.3) is 5.56 Å². The van der Waals surface area contributed by atoms with Crippen molar-refractivity contribution in [3.8, 4) is 5.75 Å². The lowest BCUT2D eigenvalue weighted by Crippen LogP contribution is -2.24. The number of rotatable bonds is 7. The summed E-state index contributed by atoms with van der Waals surface area (Å²) in [4.78, 5) is 33.1. The molecule has 0 unspecified atom stereocenters. The number of H-pyrrole nitrogens is 1. The standard InChI is InChI=1S/C21H20N4O4S/c1-13-10-17-19(22-13)20(27)25(11-16-4-3-9-29-16)21(24-17)30-12-18(26)23-14-5-7-15(28-2)8-6-14/h3-10,22H,11-12H2,1-2H3,(H,23,26). The number of ether oxygens (including phenoxy) is 1. The van der Waals surface area contributed by atoms with Gasteiger partial charge >= 0.3 is 0 Å². The number of thioether (sulfide) groups is 1. The average Bonchev–Trinajstić information content (AvgIpc) is 3.38. The van der Waals surface area contributed by atoms with E-state index in [1.807, 2.05) is 13.0 Å². The van der Waals surface area contributed by atoms with Crippen LogP contribution in [0, 0.1) is 6.92 Å². The highest BCUT2D eigenvalue weighted by Gasteiger charge is 2.16. The summed E-state index contributed by atoms with van der Waals surface area (Å²) in [6.45, 7) is 2.10. The number of aromatic nitrogens is 3. The Kier molecular flexibility index (Phi) is 5.62. The molecule has 2 N–H and O–H groups in total. The van der Waals surface area contributed by atoms with Crippen molar-refractivity contribution in [1.82, 2.24) is 14.5 Å². The summed E-state index contributed by atoms with van der Waals surface area (Å²) in [7, 11) is 1.59. The number of carbonyl (C=O) groups excluding carboxylic acids is 1. The second-order valence-corrected chi connectivity index (χ2v) is 7.59. The van der Waals surface area contributed by atoms with Crippen LogP contribution in [0.1, 0.15) is 11.5 Å². The van der Waals surface area contributed by atoms with Gasteiger partial charge in [0.05, 0.1) is 31.2 Å². The van der Waals surface area contributed by atoms with Crippen LogP contribution in [0.4, 0.5) is 5.69 Å². The van der Waals surface area contributed by atoms with Crippen LogP contribution in [0.3, 0.4) is 0 Å². The van der Waals surface area contributed by atoms with Crippen molar-refractivity contribution in [3.63, 3.8) is 0 Å². The van der Waals surface area contributed by atoms with Crippen LogP contribution < -0.4 is 15.6 Å². The Bertz CT molecular complexity index is 1230. The molecule has 0 saturated carbocycles. The summed E-state index contributed by atoms with van der Waals surface area (Å²) >= 11 is 1.20. The minimum Gasteiger partial charge on any atom is -0.497 e. The summed E-state index contributed by atoms with van der Waals surface area (Å²) in [5.41, 5.74) is 2.32. The van der Waals surface area contributed by atoms with E-state index in [9.17, 15) is 9.59 Å². The number of furan rings is 1. The van der Waals surface area contributed by atoms with Gasteiger partial charge in [-0.2, -0.15) is 0 Å². The van der Waals surface area contributed by atoms with Crippen LogP contribution >= 0.6 is 11.8 Å². The normalized spacial score (nSPS) is 11.0. The fraction of sp³-hybridized carbons (Fsp3) is 0.190. The molecule has 154 valence electrons. The molecule has 1 amide bonds. The Morgan fingerprint density at radius 2 is 2.10 bits per heavy atom. The number of methoxy groups -OCH3 is 1. The Hall–Kier alpha value is -3.46. The average molecular weight is 424 g/mol. The Labute approximate surface area is 176 Å². The van der Waals surface area contributed by atoms with E-state index in [0.29, 0.717) is 33.4 Å². The maximum absolute atomic E-state index is 13.0. The number of nitrogens with zero attached hydrogens (tertiary/aromatic N) is 2. The third kappa shape index (κ3) is 4.25. The predicted octanol–water partition coefficient (Wildman–Crippen LogP) is 3.41. The zero-order valence-corrected chi connectivity index (χ0v) is 17.3. The quantitative estimate of drug-likeness (QED) is 0.348. The van der Waals surface area contributed by atoms with Crippen LogP contribution in [-0.4, -0.2) is 33.3 Å². The van der Waals surface area contributed by atoms with E-state index in [0.717, 1.165) is 5.69 Å². The van der Waals surface area contributed by atoms with E-state index in [-0.39, 0.29) is 23.8 Å². The fourth-order valence-corrected chi connectivity index (χ4v) is 3.82. The molecule has 8 nitrogen and oxygen atoms in total. The van der Waals surface area contributed by atoms with E-state index in [4.69, 9.17) is 9.15 Å². The lowest BCUT2D eigenvalue weighted by atomic mass is 10.3. The van der Waals surface area contributed by atoms with Crippen molar-refractivity contribution in [2.24, 2.45) is 0 Å². The van der Waals surface area contributed by atoms with Crippen LogP contribution in [0.25, 0.3) is 11.0 Å². The van der Waals surface area contributed by atoms with Crippen molar-refractivity contribution in [1.29, 1.82) is 0 Å². The second-order valence-electron chi connectivity index (χ2n) is 6.64. The largest absolute Gasteiger partial charge is 0.497 e. The molecule has 0 aliphatic rings. The summed E-state index contributed by atoms with van der Waals surface area (Å²) in [6, 6.07) is 12.4. The van der Waals surface area contributed by atoms with Crippen LogP contribution in [0.5, 0.6) is 5.75 Å². The van der Waals surface area contributed by atoms with Crippen molar-refractivity contribution in [2.75, 3.05) is 18.2 Å². The molecule has 0 spiro atoms. The molecule has 0 radical (unpaired) electrons. The number of hydrogen-bond acceptors (Lipinski definition) is 6. The van der Waals surface area contributed by atoms with Crippen LogP contribution in [-0.2, 0) is 11.3 Å². The number of amides is 1. The molecule has 0 aliphatic heterocycles. The van der Waals surface area contributed by atoms with Crippen LogP contribution in [0.15, 0.2) is 63.1 Å². The van der Waals surface area contributed by atoms with Gasteiger partial charge in [0, 0.05) is 11.4 Å². The minimum absolute atomic E-state index is 0.103.